The van der Waals surface area contributed by atoms with E-state index in [-0.39, 0.29) is 22.5 Å². The lowest BCUT2D eigenvalue weighted by Gasteiger charge is -2.42. The number of hydrogen-bond acceptors (Lipinski definition) is 3. The number of carboxylic acids is 1. The van der Waals surface area contributed by atoms with Gasteiger partial charge in [-0.1, -0.05) is 64.1 Å². The average molecular weight is 471 g/mol. The van der Waals surface area contributed by atoms with Crippen LogP contribution in [0.25, 0.3) is 6.08 Å². The van der Waals surface area contributed by atoms with Gasteiger partial charge in [0.25, 0.3) is 0 Å². The molecule has 4 rings (SSSR count). The molecule has 1 aliphatic rings. The maximum Gasteiger partial charge on any atom is 0.335 e. The van der Waals surface area contributed by atoms with Crippen molar-refractivity contribution < 1.29 is 19.4 Å². The molecule has 1 aliphatic carbocycles. The number of aromatic carboxylic acids is 1. The Bertz CT molecular complexity index is 1220. The molecule has 0 radical (unpaired) electrons. The number of fused-ring (bicyclic) bond motifs is 1. The van der Waals surface area contributed by atoms with Crippen molar-refractivity contribution >= 4 is 12.0 Å². The number of benzene rings is 3. The first kappa shape index (κ1) is 24.6. The van der Waals surface area contributed by atoms with Crippen molar-refractivity contribution in [2.75, 3.05) is 7.11 Å². The Morgan fingerprint density at radius 1 is 0.857 bits per heavy atom. The molecule has 4 heteroatoms. The van der Waals surface area contributed by atoms with Crippen LogP contribution in [-0.2, 0) is 10.8 Å². The van der Waals surface area contributed by atoms with E-state index in [1.807, 2.05) is 48.6 Å². The van der Waals surface area contributed by atoms with Gasteiger partial charge >= 0.3 is 5.97 Å². The number of hydrogen-bond donors (Lipinski definition) is 1. The molecule has 0 aromatic heterocycles. The highest BCUT2D eigenvalue weighted by molar-refractivity contribution is 5.87. The average Bonchev–Trinajstić information content (AvgIpc) is 2.85. The maximum absolute atomic E-state index is 11.2. The van der Waals surface area contributed by atoms with Gasteiger partial charge in [0.1, 0.15) is 17.6 Å². The second kappa shape index (κ2) is 9.61. The summed E-state index contributed by atoms with van der Waals surface area (Å²) in [5.41, 5.74) is 5.32. The van der Waals surface area contributed by atoms with E-state index in [1.165, 1.54) is 17.5 Å². The molecule has 4 nitrogen and oxygen atoms in total. The molecule has 3 aromatic carbocycles. The minimum Gasteiger partial charge on any atom is -0.497 e. The highest BCUT2D eigenvalue weighted by Gasteiger charge is 2.37. The molecular formula is C31H34O4. The Hall–Kier alpha value is -3.53. The van der Waals surface area contributed by atoms with E-state index in [0.29, 0.717) is 0 Å². The highest BCUT2D eigenvalue weighted by atomic mass is 16.5. The first-order chi connectivity index (χ1) is 16.6. The van der Waals surface area contributed by atoms with E-state index >= 15 is 0 Å². The van der Waals surface area contributed by atoms with Crippen LogP contribution in [-0.4, -0.2) is 18.2 Å². The third-order valence-corrected chi connectivity index (χ3v) is 7.15. The summed E-state index contributed by atoms with van der Waals surface area (Å²) in [6.07, 6.45) is 6.02. The summed E-state index contributed by atoms with van der Waals surface area (Å²) in [4.78, 5) is 11.2. The Morgan fingerprint density at radius 3 is 2.06 bits per heavy atom. The van der Waals surface area contributed by atoms with Crippen molar-refractivity contribution in [1.29, 1.82) is 0 Å². The van der Waals surface area contributed by atoms with Gasteiger partial charge in [0.15, 0.2) is 0 Å². The Morgan fingerprint density at radius 2 is 1.46 bits per heavy atom. The van der Waals surface area contributed by atoms with E-state index in [1.54, 1.807) is 19.2 Å². The zero-order valence-electron chi connectivity index (χ0n) is 21.2. The van der Waals surface area contributed by atoms with Gasteiger partial charge in [-0.15, -0.1) is 0 Å². The van der Waals surface area contributed by atoms with Crippen molar-refractivity contribution in [2.45, 2.75) is 57.5 Å². The number of ether oxygens (including phenoxy) is 2. The van der Waals surface area contributed by atoms with Crippen molar-refractivity contribution in [1.82, 2.24) is 0 Å². The minimum atomic E-state index is -0.930. The normalized spacial score (nSPS) is 16.9. The van der Waals surface area contributed by atoms with Crippen LogP contribution in [0.15, 0.2) is 72.8 Å². The van der Waals surface area contributed by atoms with Gasteiger partial charge in [-0.05, 0) is 88.4 Å². The fourth-order valence-electron chi connectivity index (χ4n) is 4.74. The van der Waals surface area contributed by atoms with Gasteiger partial charge < -0.3 is 14.6 Å². The molecule has 3 aromatic rings. The molecule has 0 saturated heterocycles. The second-order valence-corrected chi connectivity index (χ2v) is 10.6. The van der Waals surface area contributed by atoms with Crippen molar-refractivity contribution in [3.63, 3.8) is 0 Å². The Kier molecular flexibility index (Phi) is 6.75. The lowest BCUT2D eigenvalue weighted by atomic mass is 9.63. The van der Waals surface area contributed by atoms with Crippen LogP contribution in [0.1, 0.15) is 79.3 Å². The second-order valence-electron chi connectivity index (χ2n) is 10.6. The number of rotatable bonds is 7. The predicted octanol–water partition coefficient (Wildman–Crippen LogP) is 7.58. The molecule has 0 amide bonds. The molecule has 182 valence electrons. The summed E-state index contributed by atoms with van der Waals surface area (Å²) < 4.78 is 11.7. The van der Waals surface area contributed by atoms with Crippen molar-refractivity contribution in [3.05, 3.63) is 101 Å². The van der Waals surface area contributed by atoms with Gasteiger partial charge in [-0.25, -0.2) is 4.79 Å². The molecule has 0 spiro atoms. The molecule has 0 saturated carbocycles. The summed E-state index contributed by atoms with van der Waals surface area (Å²) >= 11 is 0. The van der Waals surface area contributed by atoms with Crippen LogP contribution < -0.4 is 9.47 Å². The van der Waals surface area contributed by atoms with Gasteiger partial charge in [0, 0.05) is 0 Å². The third-order valence-electron chi connectivity index (χ3n) is 7.15. The van der Waals surface area contributed by atoms with Crippen LogP contribution in [0, 0.1) is 0 Å². The zero-order valence-corrected chi connectivity index (χ0v) is 21.2. The SMILES string of the molecule is COc1ccc(OC(/C=C/c2ccc(C(=O)O)cc2)c2ccc3c(c2)C(C)(C)CCC3(C)C)cc1. The van der Waals surface area contributed by atoms with Crippen molar-refractivity contribution in [3.8, 4) is 11.5 Å². The summed E-state index contributed by atoms with van der Waals surface area (Å²) in [6, 6.07) is 21.2. The summed E-state index contributed by atoms with van der Waals surface area (Å²) in [6.45, 7) is 9.30. The quantitative estimate of drug-likeness (QED) is 0.387. The monoisotopic (exact) mass is 470 g/mol. The van der Waals surface area contributed by atoms with Gasteiger partial charge in [0.05, 0.1) is 12.7 Å². The molecule has 0 fully saturated rings. The third kappa shape index (κ3) is 5.43. The number of carboxylic acid groups (broad SMARTS) is 1. The summed E-state index contributed by atoms with van der Waals surface area (Å²) in [7, 11) is 1.65. The molecule has 0 heterocycles. The molecular weight excluding hydrogens is 436 g/mol. The lowest BCUT2D eigenvalue weighted by Crippen LogP contribution is -2.34. The van der Waals surface area contributed by atoms with E-state index in [9.17, 15) is 9.90 Å². The largest absolute Gasteiger partial charge is 0.497 e. The molecule has 1 N–H and O–H groups in total. The first-order valence-electron chi connectivity index (χ1n) is 12.1. The fraction of sp³-hybridized carbons (Fsp3) is 0.323. The van der Waals surface area contributed by atoms with Crippen LogP contribution in [0.3, 0.4) is 0 Å². The zero-order chi connectivity index (χ0) is 25.2. The van der Waals surface area contributed by atoms with Gasteiger partial charge in [-0.2, -0.15) is 0 Å². The van der Waals surface area contributed by atoms with Crippen LogP contribution in [0.4, 0.5) is 0 Å². The Labute approximate surface area is 208 Å². The van der Waals surface area contributed by atoms with E-state index in [0.717, 1.165) is 29.0 Å². The van der Waals surface area contributed by atoms with Crippen LogP contribution in [0.5, 0.6) is 11.5 Å². The van der Waals surface area contributed by atoms with E-state index in [4.69, 9.17) is 9.47 Å². The maximum atomic E-state index is 11.2. The summed E-state index contributed by atoms with van der Waals surface area (Å²) in [5, 5.41) is 9.17. The summed E-state index contributed by atoms with van der Waals surface area (Å²) in [5.74, 6) is 0.598. The number of methoxy groups -OCH3 is 1. The standard InChI is InChI=1S/C31H34O4/c1-30(2)18-19-31(3,4)27-20-23(11-16-26(27)30)28(35-25-14-12-24(34-5)13-15-25)17-8-21-6-9-22(10-7-21)29(32)33/h6-17,20,28H,18-19H2,1-5H3,(H,32,33)/b17-8+. The van der Waals surface area contributed by atoms with Crippen LogP contribution >= 0.6 is 0 Å². The van der Waals surface area contributed by atoms with E-state index < -0.39 is 5.97 Å². The van der Waals surface area contributed by atoms with E-state index in [2.05, 4.69) is 45.9 Å². The fourth-order valence-corrected chi connectivity index (χ4v) is 4.74. The molecule has 0 aliphatic heterocycles. The molecule has 1 atom stereocenters. The topological polar surface area (TPSA) is 55.8 Å². The Balaban J connectivity index is 1.71. The van der Waals surface area contributed by atoms with Gasteiger partial charge in [0.2, 0.25) is 0 Å². The minimum absolute atomic E-state index is 0.0991. The lowest BCUT2D eigenvalue weighted by molar-refractivity contribution is 0.0697. The smallest absolute Gasteiger partial charge is 0.335 e. The first-order valence-corrected chi connectivity index (χ1v) is 12.1. The van der Waals surface area contributed by atoms with Crippen molar-refractivity contribution in [2.24, 2.45) is 0 Å². The van der Waals surface area contributed by atoms with Gasteiger partial charge in [-0.3, -0.25) is 0 Å². The number of carbonyl (C=O) groups is 1. The molecule has 35 heavy (non-hydrogen) atoms. The molecule has 1 unspecified atom stereocenters. The van der Waals surface area contributed by atoms with Crippen LogP contribution in [0.2, 0.25) is 0 Å². The molecule has 0 bridgehead atoms. The predicted molar refractivity (Wildman–Crippen MR) is 141 cm³/mol. The highest BCUT2D eigenvalue weighted by Crippen LogP contribution is 2.46.